The van der Waals surface area contributed by atoms with Crippen molar-refractivity contribution in [1.82, 2.24) is 14.9 Å². The van der Waals surface area contributed by atoms with E-state index in [1.165, 1.54) is 33.5 Å². The summed E-state index contributed by atoms with van der Waals surface area (Å²) >= 11 is 1.89. The average Bonchev–Trinajstić information content (AvgIpc) is 3.10. The molecule has 2 aromatic rings. The predicted octanol–water partition coefficient (Wildman–Crippen LogP) is 4.78. The predicted molar refractivity (Wildman–Crippen MR) is 121 cm³/mol. The van der Waals surface area contributed by atoms with Gasteiger partial charge in [-0.05, 0) is 43.6 Å². The van der Waals surface area contributed by atoms with Crippen LogP contribution in [0.5, 0.6) is 0 Å². The molecule has 0 aromatic carbocycles. The van der Waals surface area contributed by atoms with Gasteiger partial charge in [0.2, 0.25) is 5.91 Å². The number of fused-ring (bicyclic) bond motifs is 3. The Labute approximate surface area is 178 Å². The normalized spacial score (nSPS) is 20.8. The van der Waals surface area contributed by atoms with Crippen molar-refractivity contribution in [3.05, 3.63) is 16.3 Å². The average molecular weight is 415 g/mol. The maximum absolute atomic E-state index is 12.3. The van der Waals surface area contributed by atoms with Crippen molar-refractivity contribution >= 4 is 33.3 Å². The summed E-state index contributed by atoms with van der Waals surface area (Å²) in [6, 6.07) is 0. The van der Waals surface area contributed by atoms with E-state index in [0.717, 1.165) is 63.0 Å². The summed E-state index contributed by atoms with van der Waals surface area (Å²) in [7, 11) is 0. The second-order valence-corrected chi connectivity index (χ2v) is 9.95. The van der Waals surface area contributed by atoms with Gasteiger partial charge in [-0.15, -0.1) is 11.3 Å². The summed E-state index contributed by atoms with van der Waals surface area (Å²) in [5, 5.41) is 1.30. The summed E-state index contributed by atoms with van der Waals surface area (Å²) in [4.78, 5) is 29.6. The van der Waals surface area contributed by atoms with Gasteiger partial charge in [0.25, 0.3) is 0 Å². The van der Waals surface area contributed by atoms with E-state index in [9.17, 15) is 4.79 Å². The molecule has 1 aliphatic carbocycles. The van der Waals surface area contributed by atoms with E-state index in [-0.39, 0.29) is 0 Å². The van der Waals surface area contributed by atoms with Crippen LogP contribution >= 0.6 is 11.3 Å². The van der Waals surface area contributed by atoms with Gasteiger partial charge in [-0.3, -0.25) is 4.79 Å². The van der Waals surface area contributed by atoms with Gasteiger partial charge in [0.05, 0.1) is 5.39 Å². The number of thiophene rings is 1. The monoisotopic (exact) mass is 414 g/mol. The minimum absolute atomic E-state index is 0.294. The number of aromatic nitrogens is 2. The number of piperazine rings is 1. The number of rotatable bonds is 5. The van der Waals surface area contributed by atoms with Crippen LogP contribution in [0, 0.1) is 5.92 Å². The van der Waals surface area contributed by atoms with Gasteiger partial charge in [0.1, 0.15) is 16.5 Å². The fourth-order valence-electron chi connectivity index (χ4n) is 4.51. The molecule has 0 saturated carbocycles. The number of hydrogen-bond donors (Lipinski definition) is 0. The van der Waals surface area contributed by atoms with Gasteiger partial charge >= 0.3 is 0 Å². The molecule has 1 amide bonds. The minimum atomic E-state index is 0.294. The zero-order valence-corrected chi connectivity index (χ0v) is 19.1. The lowest BCUT2D eigenvalue weighted by molar-refractivity contribution is -0.131. The third-order valence-corrected chi connectivity index (χ3v) is 7.75. The van der Waals surface area contributed by atoms with E-state index in [1.807, 2.05) is 16.2 Å². The topological polar surface area (TPSA) is 49.3 Å². The Morgan fingerprint density at radius 2 is 1.97 bits per heavy atom. The molecule has 1 fully saturated rings. The SMILES string of the molecule is CCCC(=O)N1CCN(c2nc([C@H](C)CC)nc3sc4c(c23)CC[C@H](C)C4)CC1. The Kier molecular flexibility index (Phi) is 6.09. The highest BCUT2D eigenvalue weighted by Gasteiger charge is 2.28. The van der Waals surface area contributed by atoms with Crippen LogP contribution in [0.4, 0.5) is 5.82 Å². The summed E-state index contributed by atoms with van der Waals surface area (Å²) in [5.74, 6) is 3.52. The van der Waals surface area contributed by atoms with Gasteiger partial charge < -0.3 is 9.80 Å². The van der Waals surface area contributed by atoms with Gasteiger partial charge in [0, 0.05) is 43.4 Å². The van der Waals surface area contributed by atoms with Crippen LogP contribution in [0.15, 0.2) is 0 Å². The van der Waals surface area contributed by atoms with Gasteiger partial charge in [0.15, 0.2) is 0 Å². The maximum atomic E-state index is 12.3. The number of carbonyl (C=O) groups is 1. The molecule has 4 rings (SSSR count). The van der Waals surface area contributed by atoms with Crippen LogP contribution in [-0.2, 0) is 17.6 Å². The third-order valence-electron chi connectivity index (χ3n) is 6.60. The van der Waals surface area contributed by atoms with E-state index in [4.69, 9.17) is 9.97 Å². The van der Waals surface area contributed by atoms with E-state index in [0.29, 0.717) is 18.2 Å². The molecule has 2 atom stereocenters. The van der Waals surface area contributed by atoms with Crippen LogP contribution in [0.1, 0.15) is 75.6 Å². The molecule has 0 spiro atoms. The molecule has 3 heterocycles. The number of nitrogens with zero attached hydrogens (tertiary/aromatic N) is 4. The highest BCUT2D eigenvalue weighted by atomic mass is 32.1. The lowest BCUT2D eigenvalue weighted by Crippen LogP contribution is -2.49. The van der Waals surface area contributed by atoms with Crippen molar-refractivity contribution in [3.8, 4) is 0 Å². The third kappa shape index (κ3) is 4.00. The van der Waals surface area contributed by atoms with E-state index in [1.54, 1.807) is 0 Å². The minimum Gasteiger partial charge on any atom is -0.352 e. The maximum Gasteiger partial charge on any atom is 0.222 e. The fourth-order valence-corrected chi connectivity index (χ4v) is 5.89. The van der Waals surface area contributed by atoms with Crippen molar-refractivity contribution in [3.63, 3.8) is 0 Å². The molecule has 6 heteroatoms. The van der Waals surface area contributed by atoms with Gasteiger partial charge in [-0.2, -0.15) is 0 Å². The van der Waals surface area contributed by atoms with Gasteiger partial charge in [-0.1, -0.05) is 27.7 Å². The molecule has 158 valence electrons. The van der Waals surface area contributed by atoms with Crippen molar-refractivity contribution in [1.29, 1.82) is 0 Å². The molecule has 1 aliphatic heterocycles. The number of carbonyl (C=O) groups excluding carboxylic acids is 1. The van der Waals surface area contributed by atoms with Crippen molar-refractivity contribution in [2.75, 3.05) is 31.1 Å². The lowest BCUT2D eigenvalue weighted by Gasteiger charge is -2.36. The molecule has 5 nitrogen and oxygen atoms in total. The zero-order chi connectivity index (χ0) is 20.5. The molecular formula is C23H34N4OS. The molecule has 2 aromatic heterocycles. The van der Waals surface area contributed by atoms with Crippen molar-refractivity contribution < 1.29 is 4.79 Å². The zero-order valence-electron chi connectivity index (χ0n) is 18.3. The smallest absolute Gasteiger partial charge is 0.222 e. The first-order valence-electron chi connectivity index (χ1n) is 11.4. The highest BCUT2D eigenvalue weighted by molar-refractivity contribution is 7.19. The highest BCUT2D eigenvalue weighted by Crippen LogP contribution is 2.41. The fraction of sp³-hybridized carbons (Fsp3) is 0.696. The molecule has 1 saturated heterocycles. The standard InChI is InChI=1S/C23H34N4OS/c1-5-7-19(28)26-10-12-27(13-11-26)22-20-17-9-8-15(3)14-18(17)29-23(20)25-21(24-22)16(4)6-2/h15-16H,5-14H2,1-4H3/t15-,16+/m0/s1. The number of anilines is 1. The number of hydrogen-bond acceptors (Lipinski definition) is 5. The second kappa shape index (κ2) is 8.58. The molecule has 2 aliphatic rings. The Morgan fingerprint density at radius 1 is 1.21 bits per heavy atom. The molecule has 0 radical (unpaired) electrons. The summed E-state index contributed by atoms with van der Waals surface area (Å²) in [5.41, 5.74) is 1.50. The van der Waals surface area contributed by atoms with E-state index in [2.05, 4.69) is 32.6 Å². The number of aryl methyl sites for hydroxylation is 1. The first-order chi connectivity index (χ1) is 14.0. The van der Waals surface area contributed by atoms with Crippen LogP contribution in [0.2, 0.25) is 0 Å². The molecule has 0 N–H and O–H groups in total. The lowest BCUT2D eigenvalue weighted by atomic mass is 9.89. The van der Waals surface area contributed by atoms with Gasteiger partial charge in [-0.25, -0.2) is 9.97 Å². The van der Waals surface area contributed by atoms with E-state index >= 15 is 0 Å². The van der Waals surface area contributed by atoms with Crippen molar-refractivity contribution in [2.24, 2.45) is 5.92 Å². The van der Waals surface area contributed by atoms with E-state index < -0.39 is 0 Å². The quantitative estimate of drug-likeness (QED) is 0.707. The number of amides is 1. The Bertz CT molecular complexity index is 885. The summed E-state index contributed by atoms with van der Waals surface area (Å²) in [6.07, 6.45) is 6.20. The van der Waals surface area contributed by atoms with Crippen LogP contribution in [0.3, 0.4) is 0 Å². The largest absolute Gasteiger partial charge is 0.352 e. The van der Waals surface area contributed by atoms with Crippen molar-refractivity contribution in [2.45, 2.75) is 72.1 Å². The summed E-state index contributed by atoms with van der Waals surface area (Å²) < 4.78 is 0. The first kappa shape index (κ1) is 20.6. The van der Waals surface area contributed by atoms with Crippen LogP contribution in [0.25, 0.3) is 10.2 Å². The molecular weight excluding hydrogens is 380 g/mol. The first-order valence-corrected chi connectivity index (χ1v) is 12.2. The Balaban J connectivity index is 1.70. The Morgan fingerprint density at radius 3 is 2.66 bits per heavy atom. The van der Waals surface area contributed by atoms with Crippen LogP contribution in [-0.4, -0.2) is 47.0 Å². The van der Waals surface area contributed by atoms with Crippen LogP contribution < -0.4 is 4.90 Å². The second-order valence-electron chi connectivity index (χ2n) is 8.86. The summed E-state index contributed by atoms with van der Waals surface area (Å²) in [6.45, 7) is 12.2. The molecule has 0 unspecified atom stereocenters. The molecule has 0 bridgehead atoms. The Hall–Kier alpha value is -1.69. The molecule has 29 heavy (non-hydrogen) atoms.